The maximum Gasteiger partial charge on any atom is 0.297 e. The molecule has 0 aliphatic rings. The summed E-state index contributed by atoms with van der Waals surface area (Å²) in [5, 5.41) is -0.0732. The van der Waals surface area contributed by atoms with Gasteiger partial charge in [-0.1, -0.05) is 24.3 Å². The largest absolute Gasteiger partial charge is 0.297 e. The van der Waals surface area contributed by atoms with Crippen molar-refractivity contribution >= 4 is 28.7 Å². The SMILES string of the molecule is C=Cc1cnc2c(Cl)nc(C(F)F)nc2c1. The van der Waals surface area contributed by atoms with Gasteiger partial charge in [0.25, 0.3) is 6.43 Å². The summed E-state index contributed by atoms with van der Waals surface area (Å²) in [6.45, 7) is 3.55. The molecule has 82 valence electrons. The second kappa shape index (κ2) is 4.09. The summed E-state index contributed by atoms with van der Waals surface area (Å²) < 4.78 is 24.9. The smallest absolute Gasteiger partial charge is 0.251 e. The van der Waals surface area contributed by atoms with E-state index in [1.807, 2.05) is 0 Å². The van der Waals surface area contributed by atoms with E-state index in [0.717, 1.165) is 0 Å². The Bertz CT molecular complexity index is 557. The van der Waals surface area contributed by atoms with Crippen LogP contribution in [0.4, 0.5) is 8.78 Å². The number of hydrogen-bond acceptors (Lipinski definition) is 3. The van der Waals surface area contributed by atoms with Crippen LogP contribution in [0.15, 0.2) is 18.8 Å². The number of pyridine rings is 1. The molecule has 2 aromatic rings. The fourth-order valence-electron chi connectivity index (χ4n) is 1.22. The van der Waals surface area contributed by atoms with E-state index in [0.29, 0.717) is 11.1 Å². The minimum absolute atomic E-state index is 0.0732. The second-order valence-corrected chi connectivity index (χ2v) is 3.37. The molecular formula is C10H6ClF2N3. The van der Waals surface area contributed by atoms with Crippen molar-refractivity contribution in [1.82, 2.24) is 15.0 Å². The molecule has 16 heavy (non-hydrogen) atoms. The third kappa shape index (κ3) is 1.86. The predicted molar refractivity (Wildman–Crippen MR) is 57.4 cm³/mol. The van der Waals surface area contributed by atoms with E-state index in [1.54, 1.807) is 12.1 Å². The summed E-state index contributed by atoms with van der Waals surface area (Å²) in [6, 6.07) is 1.58. The Hall–Kier alpha value is -1.62. The van der Waals surface area contributed by atoms with Crippen molar-refractivity contribution in [2.24, 2.45) is 0 Å². The summed E-state index contributed by atoms with van der Waals surface area (Å²) in [7, 11) is 0. The van der Waals surface area contributed by atoms with Gasteiger partial charge in [0.2, 0.25) is 0 Å². The predicted octanol–water partition coefficient (Wildman–Crippen LogP) is 3.26. The minimum Gasteiger partial charge on any atom is -0.251 e. The molecule has 3 nitrogen and oxygen atoms in total. The molecule has 0 saturated heterocycles. The first-order valence-corrected chi connectivity index (χ1v) is 4.73. The van der Waals surface area contributed by atoms with Gasteiger partial charge in [-0.25, -0.2) is 18.7 Å². The van der Waals surface area contributed by atoms with Crippen LogP contribution in [-0.4, -0.2) is 15.0 Å². The van der Waals surface area contributed by atoms with E-state index in [2.05, 4.69) is 21.5 Å². The van der Waals surface area contributed by atoms with E-state index in [9.17, 15) is 8.78 Å². The molecule has 6 heteroatoms. The van der Waals surface area contributed by atoms with Crippen LogP contribution in [0, 0.1) is 0 Å². The zero-order chi connectivity index (χ0) is 11.7. The van der Waals surface area contributed by atoms with Crippen LogP contribution in [0.25, 0.3) is 17.1 Å². The first kappa shape index (κ1) is 10.9. The maximum atomic E-state index is 12.4. The second-order valence-electron chi connectivity index (χ2n) is 3.01. The lowest BCUT2D eigenvalue weighted by Gasteiger charge is -2.03. The van der Waals surface area contributed by atoms with Crippen molar-refractivity contribution in [1.29, 1.82) is 0 Å². The number of nitrogens with zero attached hydrogens (tertiary/aromatic N) is 3. The van der Waals surface area contributed by atoms with Gasteiger partial charge in [0.05, 0.1) is 5.52 Å². The fourth-order valence-corrected chi connectivity index (χ4v) is 1.46. The first-order valence-electron chi connectivity index (χ1n) is 4.35. The number of hydrogen-bond donors (Lipinski definition) is 0. The van der Waals surface area contributed by atoms with E-state index in [1.165, 1.54) is 6.20 Å². The summed E-state index contributed by atoms with van der Waals surface area (Å²) in [5.74, 6) is -0.597. The van der Waals surface area contributed by atoms with Gasteiger partial charge in [-0.2, -0.15) is 0 Å². The molecule has 2 heterocycles. The van der Waals surface area contributed by atoms with Crippen molar-refractivity contribution in [3.8, 4) is 0 Å². The van der Waals surface area contributed by atoms with Crippen molar-refractivity contribution in [2.75, 3.05) is 0 Å². The lowest BCUT2D eigenvalue weighted by molar-refractivity contribution is 0.141. The van der Waals surface area contributed by atoms with Gasteiger partial charge in [0.1, 0.15) is 5.52 Å². The van der Waals surface area contributed by atoms with Crippen molar-refractivity contribution in [2.45, 2.75) is 6.43 Å². The molecule has 0 bridgehead atoms. The van der Waals surface area contributed by atoms with Gasteiger partial charge in [-0.3, -0.25) is 4.98 Å². The van der Waals surface area contributed by atoms with E-state index in [-0.39, 0.29) is 10.7 Å². The Morgan fingerprint density at radius 3 is 2.75 bits per heavy atom. The van der Waals surface area contributed by atoms with Gasteiger partial charge >= 0.3 is 0 Å². The van der Waals surface area contributed by atoms with E-state index < -0.39 is 12.2 Å². The average Bonchev–Trinajstić information content (AvgIpc) is 2.28. The molecule has 0 atom stereocenters. The fraction of sp³-hybridized carbons (Fsp3) is 0.100. The molecule has 2 rings (SSSR count). The zero-order valence-electron chi connectivity index (χ0n) is 7.99. The molecular weight excluding hydrogens is 236 g/mol. The van der Waals surface area contributed by atoms with Crippen LogP contribution in [0.2, 0.25) is 5.15 Å². The molecule has 0 spiro atoms. The highest BCUT2D eigenvalue weighted by molar-refractivity contribution is 6.33. The van der Waals surface area contributed by atoms with Gasteiger partial charge < -0.3 is 0 Å². The molecule has 0 saturated carbocycles. The molecule has 0 amide bonds. The van der Waals surface area contributed by atoms with Crippen molar-refractivity contribution in [3.05, 3.63) is 35.4 Å². The highest BCUT2D eigenvalue weighted by atomic mass is 35.5. The van der Waals surface area contributed by atoms with Gasteiger partial charge in [0, 0.05) is 6.20 Å². The number of fused-ring (bicyclic) bond motifs is 1. The zero-order valence-corrected chi connectivity index (χ0v) is 8.75. The molecule has 0 radical (unpaired) electrons. The third-order valence-electron chi connectivity index (χ3n) is 1.96. The Labute approximate surface area is 94.8 Å². The third-order valence-corrected chi connectivity index (χ3v) is 2.23. The lowest BCUT2D eigenvalue weighted by atomic mass is 10.2. The monoisotopic (exact) mass is 241 g/mol. The minimum atomic E-state index is -2.76. The molecule has 0 N–H and O–H groups in total. The number of alkyl halides is 2. The van der Waals surface area contributed by atoms with Gasteiger partial charge in [0.15, 0.2) is 11.0 Å². The highest BCUT2D eigenvalue weighted by Crippen LogP contribution is 2.23. The molecule has 0 unspecified atom stereocenters. The summed E-state index contributed by atoms with van der Waals surface area (Å²) in [4.78, 5) is 11.1. The van der Waals surface area contributed by atoms with E-state index >= 15 is 0 Å². The highest BCUT2D eigenvalue weighted by Gasteiger charge is 2.14. The van der Waals surface area contributed by atoms with Crippen LogP contribution in [0.3, 0.4) is 0 Å². The standard InChI is InChI=1S/C10H6ClF2N3/c1-2-5-3-6-7(14-4-5)8(11)16-10(15-6)9(12)13/h2-4,9H,1H2. The van der Waals surface area contributed by atoms with E-state index in [4.69, 9.17) is 11.6 Å². The number of halogens is 3. The van der Waals surface area contributed by atoms with Gasteiger partial charge in [-0.15, -0.1) is 0 Å². The van der Waals surface area contributed by atoms with Crippen LogP contribution in [0.1, 0.15) is 17.8 Å². The summed E-state index contributed by atoms with van der Waals surface area (Å²) >= 11 is 5.73. The van der Waals surface area contributed by atoms with Gasteiger partial charge in [-0.05, 0) is 11.6 Å². The Balaban J connectivity index is 2.72. The number of aromatic nitrogens is 3. The average molecular weight is 242 g/mol. The molecule has 0 aliphatic carbocycles. The Kier molecular flexibility index (Phi) is 2.78. The summed E-state index contributed by atoms with van der Waals surface area (Å²) in [5.41, 5.74) is 1.27. The van der Waals surface area contributed by atoms with Crippen LogP contribution in [0.5, 0.6) is 0 Å². The molecule has 0 aromatic carbocycles. The summed E-state index contributed by atoms with van der Waals surface area (Å²) in [6.07, 6.45) is 0.311. The van der Waals surface area contributed by atoms with Crippen LogP contribution < -0.4 is 0 Å². The number of rotatable bonds is 2. The van der Waals surface area contributed by atoms with Crippen molar-refractivity contribution in [3.63, 3.8) is 0 Å². The molecule has 2 aromatic heterocycles. The Morgan fingerprint density at radius 1 is 1.38 bits per heavy atom. The Morgan fingerprint density at radius 2 is 2.12 bits per heavy atom. The quantitative estimate of drug-likeness (QED) is 0.758. The molecule has 0 aliphatic heterocycles. The topological polar surface area (TPSA) is 38.7 Å². The van der Waals surface area contributed by atoms with Crippen LogP contribution in [-0.2, 0) is 0 Å². The maximum absolute atomic E-state index is 12.4. The van der Waals surface area contributed by atoms with Crippen molar-refractivity contribution < 1.29 is 8.78 Å². The first-order chi connectivity index (χ1) is 7.61. The molecule has 0 fully saturated rings. The lowest BCUT2D eigenvalue weighted by Crippen LogP contribution is -1.98. The van der Waals surface area contributed by atoms with Crippen LogP contribution >= 0.6 is 11.6 Å². The normalized spacial score (nSPS) is 11.0.